The zero-order valence-electron chi connectivity index (χ0n) is 12.6. The number of hydrogen-bond acceptors (Lipinski definition) is 4. The van der Waals surface area contributed by atoms with E-state index in [0.29, 0.717) is 13.1 Å². The van der Waals surface area contributed by atoms with Gasteiger partial charge >= 0.3 is 5.97 Å². The van der Waals surface area contributed by atoms with E-state index in [9.17, 15) is 18.0 Å². The minimum atomic E-state index is -3.25. The topological polar surface area (TPSA) is 95.0 Å². The van der Waals surface area contributed by atoms with Crippen molar-refractivity contribution >= 4 is 21.9 Å². The molecule has 0 aliphatic carbocycles. The average molecular weight is 320 g/mol. The molecule has 8 heteroatoms. The molecule has 1 amide bonds. The van der Waals surface area contributed by atoms with Crippen LogP contribution >= 0.6 is 0 Å². The second kappa shape index (κ2) is 7.74. The first-order valence-corrected chi connectivity index (χ1v) is 8.79. The Balaban J connectivity index is 2.34. The maximum atomic E-state index is 12.0. The molecule has 0 aromatic rings. The summed E-state index contributed by atoms with van der Waals surface area (Å²) in [7, 11) is -1.71. The van der Waals surface area contributed by atoms with Crippen molar-refractivity contribution in [1.29, 1.82) is 0 Å². The summed E-state index contributed by atoms with van der Waals surface area (Å²) >= 11 is 0. The van der Waals surface area contributed by atoms with Crippen LogP contribution < -0.4 is 0 Å². The number of amides is 1. The standard InChI is InChI=1S/C13H24N2O5S/c1-11(13(17)18)10-14(2)12(16)6-5-9-21(19,20)15-7-3-4-8-15/h11H,3-10H2,1-2H3,(H,17,18). The van der Waals surface area contributed by atoms with Crippen molar-refractivity contribution in [1.82, 2.24) is 9.21 Å². The summed E-state index contributed by atoms with van der Waals surface area (Å²) in [5, 5.41) is 8.79. The van der Waals surface area contributed by atoms with Crippen LogP contribution in [0.15, 0.2) is 0 Å². The molecule has 0 radical (unpaired) electrons. The van der Waals surface area contributed by atoms with Crippen LogP contribution in [-0.4, -0.2) is 67.0 Å². The molecule has 1 heterocycles. The zero-order chi connectivity index (χ0) is 16.0. The molecule has 1 rings (SSSR count). The van der Waals surface area contributed by atoms with Crippen LogP contribution in [-0.2, 0) is 19.6 Å². The molecule has 1 N–H and O–H groups in total. The minimum Gasteiger partial charge on any atom is -0.481 e. The van der Waals surface area contributed by atoms with Gasteiger partial charge in [-0.2, -0.15) is 0 Å². The minimum absolute atomic E-state index is 0.0267. The van der Waals surface area contributed by atoms with Gasteiger partial charge in [0.2, 0.25) is 15.9 Å². The number of rotatable bonds is 8. The molecule has 0 spiro atoms. The fraction of sp³-hybridized carbons (Fsp3) is 0.846. The van der Waals surface area contributed by atoms with Crippen molar-refractivity contribution in [2.45, 2.75) is 32.6 Å². The summed E-state index contributed by atoms with van der Waals surface area (Å²) in [6.07, 6.45) is 2.18. The third kappa shape index (κ3) is 5.62. The summed E-state index contributed by atoms with van der Waals surface area (Å²) in [5.74, 6) is -1.83. The van der Waals surface area contributed by atoms with E-state index in [2.05, 4.69) is 0 Å². The van der Waals surface area contributed by atoms with Crippen molar-refractivity contribution in [2.24, 2.45) is 5.92 Å². The Hall–Kier alpha value is -1.15. The number of sulfonamides is 1. The first-order valence-electron chi connectivity index (χ1n) is 7.18. The second-order valence-corrected chi connectivity index (χ2v) is 7.63. The van der Waals surface area contributed by atoms with Gasteiger partial charge in [-0.25, -0.2) is 12.7 Å². The lowest BCUT2D eigenvalue weighted by Crippen LogP contribution is -2.34. The van der Waals surface area contributed by atoms with E-state index in [-0.39, 0.29) is 31.0 Å². The normalized spacial score (nSPS) is 17.6. The number of carboxylic acid groups (broad SMARTS) is 1. The molecular weight excluding hydrogens is 296 g/mol. The second-order valence-electron chi connectivity index (χ2n) is 5.54. The number of hydrogen-bond donors (Lipinski definition) is 1. The van der Waals surface area contributed by atoms with Gasteiger partial charge < -0.3 is 10.0 Å². The summed E-state index contributed by atoms with van der Waals surface area (Å²) in [6.45, 7) is 2.82. The van der Waals surface area contributed by atoms with Crippen LogP contribution in [0.2, 0.25) is 0 Å². The maximum Gasteiger partial charge on any atom is 0.308 e. The monoisotopic (exact) mass is 320 g/mol. The third-order valence-corrected chi connectivity index (χ3v) is 5.60. The highest BCUT2D eigenvalue weighted by Crippen LogP contribution is 2.14. The zero-order valence-corrected chi connectivity index (χ0v) is 13.4. The van der Waals surface area contributed by atoms with Crippen molar-refractivity contribution in [2.75, 3.05) is 32.4 Å². The van der Waals surface area contributed by atoms with Gasteiger partial charge in [0.25, 0.3) is 0 Å². The van der Waals surface area contributed by atoms with Gasteiger partial charge in [0.05, 0.1) is 11.7 Å². The molecule has 1 fully saturated rings. The van der Waals surface area contributed by atoms with Crippen LogP contribution in [0.25, 0.3) is 0 Å². The quantitative estimate of drug-likeness (QED) is 0.697. The van der Waals surface area contributed by atoms with Crippen LogP contribution in [0.5, 0.6) is 0 Å². The van der Waals surface area contributed by atoms with Gasteiger partial charge in [-0.1, -0.05) is 6.92 Å². The molecule has 0 saturated carbocycles. The van der Waals surface area contributed by atoms with E-state index in [1.54, 1.807) is 0 Å². The van der Waals surface area contributed by atoms with Crippen LogP contribution in [0.4, 0.5) is 0 Å². The Bertz CT molecular complexity index is 471. The van der Waals surface area contributed by atoms with Gasteiger partial charge in [-0.3, -0.25) is 9.59 Å². The molecular formula is C13H24N2O5S. The highest BCUT2D eigenvalue weighted by molar-refractivity contribution is 7.89. The first kappa shape index (κ1) is 17.9. The van der Waals surface area contributed by atoms with Gasteiger partial charge in [0.15, 0.2) is 0 Å². The van der Waals surface area contributed by atoms with Crippen LogP contribution in [0.3, 0.4) is 0 Å². The van der Waals surface area contributed by atoms with E-state index >= 15 is 0 Å². The van der Waals surface area contributed by atoms with E-state index in [1.165, 1.54) is 23.2 Å². The Labute approximate surface area is 126 Å². The number of carbonyl (C=O) groups excluding carboxylic acids is 1. The predicted octanol–water partition coefficient (Wildman–Crippen LogP) is 0.371. The highest BCUT2D eigenvalue weighted by atomic mass is 32.2. The largest absolute Gasteiger partial charge is 0.481 e. The molecule has 0 aromatic heterocycles. The molecule has 1 unspecified atom stereocenters. The van der Waals surface area contributed by atoms with Gasteiger partial charge in [-0.15, -0.1) is 0 Å². The van der Waals surface area contributed by atoms with E-state index in [4.69, 9.17) is 5.11 Å². The molecule has 1 aliphatic heterocycles. The average Bonchev–Trinajstić information content (AvgIpc) is 2.92. The first-order chi connectivity index (χ1) is 9.74. The van der Waals surface area contributed by atoms with Gasteiger partial charge in [-0.05, 0) is 19.3 Å². The number of carboxylic acids is 1. The fourth-order valence-corrected chi connectivity index (χ4v) is 3.86. The van der Waals surface area contributed by atoms with E-state index in [1.807, 2.05) is 0 Å². The lowest BCUT2D eigenvalue weighted by molar-refractivity contribution is -0.142. The SMILES string of the molecule is CC(CN(C)C(=O)CCCS(=O)(=O)N1CCCC1)C(=O)O. The summed E-state index contributed by atoms with van der Waals surface area (Å²) in [5.41, 5.74) is 0. The van der Waals surface area contributed by atoms with Crippen molar-refractivity contribution in [3.8, 4) is 0 Å². The molecule has 21 heavy (non-hydrogen) atoms. The third-order valence-electron chi connectivity index (χ3n) is 3.65. The van der Waals surface area contributed by atoms with Gasteiger partial charge in [0, 0.05) is 33.1 Å². The molecule has 1 saturated heterocycles. The molecule has 122 valence electrons. The molecule has 1 aliphatic rings. The summed E-state index contributed by atoms with van der Waals surface area (Å²) in [4.78, 5) is 23.9. The van der Waals surface area contributed by atoms with Crippen molar-refractivity contribution in [3.63, 3.8) is 0 Å². The van der Waals surface area contributed by atoms with Gasteiger partial charge in [0.1, 0.15) is 0 Å². The smallest absolute Gasteiger partial charge is 0.308 e. The Morgan fingerprint density at radius 2 is 1.86 bits per heavy atom. The number of nitrogens with zero attached hydrogens (tertiary/aromatic N) is 2. The molecule has 1 atom stereocenters. The van der Waals surface area contributed by atoms with Crippen LogP contribution in [0, 0.1) is 5.92 Å². The van der Waals surface area contributed by atoms with Crippen LogP contribution in [0.1, 0.15) is 32.6 Å². The van der Waals surface area contributed by atoms with E-state index < -0.39 is 21.9 Å². The van der Waals surface area contributed by atoms with Crippen molar-refractivity contribution in [3.05, 3.63) is 0 Å². The summed E-state index contributed by atoms with van der Waals surface area (Å²) in [6, 6.07) is 0. The lowest BCUT2D eigenvalue weighted by Gasteiger charge is -2.20. The molecule has 0 aromatic carbocycles. The fourth-order valence-electron chi connectivity index (χ4n) is 2.28. The Morgan fingerprint density at radius 1 is 1.29 bits per heavy atom. The Kier molecular flexibility index (Phi) is 6.60. The number of aliphatic carboxylic acids is 1. The highest BCUT2D eigenvalue weighted by Gasteiger charge is 2.25. The Morgan fingerprint density at radius 3 is 2.38 bits per heavy atom. The van der Waals surface area contributed by atoms with Crippen molar-refractivity contribution < 1.29 is 23.1 Å². The predicted molar refractivity (Wildman–Crippen MR) is 78.3 cm³/mol. The maximum absolute atomic E-state index is 12.0. The summed E-state index contributed by atoms with van der Waals surface area (Å²) < 4.78 is 25.4. The number of carbonyl (C=O) groups is 2. The lowest BCUT2D eigenvalue weighted by atomic mass is 10.1. The molecule has 7 nitrogen and oxygen atoms in total. The molecule has 0 bridgehead atoms. The van der Waals surface area contributed by atoms with E-state index in [0.717, 1.165) is 12.8 Å².